The molecule has 9 heteroatoms. The summed E-state index contributed by atoms with van der Waals surface area (Å²) >= 11 is 0. The van der Waals surface area contributed by atoms with Crippen molar-refractivity contribution in [3.05, 3.63) is 30.0 Å². The van der Waals surface area contributed by atoms with Gasteiger partial charge in [0, 0.05) is 43.0 Å². The molecule has 0 unspecified atom stereocenters. The Hall–Kier alpha value is -2.71. The summed E-state index contributed by atoms with van der Waals surface area (Å²) in [6.07, 6.45) is -4.56. The van der Waals surface area contributed by atoms with Crippen molar-refractivity contribution < 1.29 is 27.5 Å². The summed E-state index contributed by atoms with van der Waals surface area (Å²) in [6, 6.07) is 5.38. The van der Waals surface area contributed by atoms with Gasteiger partial charge in [-0.3, -0.25) is 9.59 Å². The third kappa shape index (κ3) is 3.61. The van der Waals surface area contributed by atoms with Crippen LogP contribution in [-0.4, -0.2) is 47.7 Å². The number of aromatic nitrogens is 1. The van der Waals surface area contributed by atoms with Crippen LogP contribution in [0.5, 0.6) is 5.75 Å². The van der Waals surface area contributed by atoms with E-state index >= 15 is 0 Å². The van der Waals surface area contributed by atoms with Crippen molar-refractivity contribution in [2.75, 3.05) is 19.6 Å². The first kappa shape index (κ1) is 16.2. The molecule has 0 spiro atoms. The number of hydrogen-bond donors (Lipinski definition) is 2. The highest BCUT2D eigenvalue weighted by atomic mass is 19.4. The molecule has 0 radical (unpaired) electrons. The number of carbonyl (C=O) groups excluding carboxylic acids is 2. The minimum absolute atomic E-state index is 0.115. The first-order valence-electron chi connectivity index (χ1n) is 7.26. The number of halogens is 3. The van der Waals surface area contributed by atoms with Gasteiger partial charge >= 0.3 is 6.36 Å². The number of H-pyrrole nitrogens is 1. The van der Waals surface area contributed by atoms with E-state index in [-0.39, 0.29) is 29.7 Å². The number of nitrogens with one attached hydrogen (secondary N) is 2. The zero-order chi connectivity index (χ0) is 17.3. The zero-order valence-electron chi connectivity index (χ0n) is 12.4. The van der Waals surface area contributed by atoms with Gasteiger partial charge < -0.3 is 19.9 Å². The summed E-state index contributed by atoms with van der Waals surface area (Å²) in [5.41, 5.74) is 0.618. The van der Waals surface area contributed by atoms with Crippen LogP contribution >= 0.6 is 0 Å². The van der Waals surface area contributed by atoms with E-state index in [1.54, 1.807) is 6.07 Å². The molecule has 2 amide bonds. The van der Waals surface area contributed by atoms with E-state index in [4.69, 9.17) is 0 Å². The highest BCUT2D eigenvalue weighted by Crippen LogP contribution is 2.27. The third-order valence-electron chi connectivity index (χ3n) is 3.66. The van der Waals surface area contributed by atoms with E-state index in [9.17, 15) is 22.8 Å². The second-order valence-electron chi connectivity index (χ2n) is 5.37. The third-order valence-corrected chi connectivity index (χ3v) is 3.66. The Morgan fingerprint density at radius 1 is 1.21 bits per heavy atom. The van der Waals surface area contributed by atoms with Gasteiger partial charge in [0.2, 0.25) is 5.91 Å². The standard InChI is InChI=1S/C15H14F3N3O3/c16-15(17,18)24-10-2-1-9-7-12(20-11(9)8-10)14(23)21-5-3-13(22)19-4-6-21/h1-2,7-8,20H,3-6H2,(H,19,22). The van der Waals surface area contributed by atoms with Crippen LogP contribution in [0.4, 0.5) is 13.2 Å². The van der Waals surface area contributed by atoms with Gasteiger partial charge in [-0.15, -0.1) is 13.2 Å². The van der Waals surface area contributed by atoms with Crippen LogP contribution in [0, 0.1) is 0 Å². The van der Waals surface area contributed by atoms with Crippen LogP contribution in [0.2, 0.25) is 0 Å². The molecule has 1 saturated heterocycles. The molecule has 1 aliphatic rings. The van der Waals surface area contributed by atoms with E-state index in [1.807, 2.05) is 0 Å². The maximum absolute atomic E-state index is 12.5. The minimum atomic E-state index is -4.77. The van der Waals surface area contributed by atoms with Crippen molar-refractivity contribution in [1.82, 2.24) is 15.2 Å². The van der Waals surface area contributed by atoms with Crippen molar-refractivity contribution in [3.8, 4) is 5.75 Å². The fourth-order valence-corrected chi connectivity index (χ4v) is 2.56. The lowest BCUT2D eigenvalue weighted by Gasteiger charge is -2.18. The molecule has 3 rings (SSSR count). The smallest absolute Gasteiger partial charge is 0.406 e. The largest absolute Gasteiger partial charge is 0.573 e. The highest BCUT2D eigenvalue weighted by molar-refractivity contribution is 5.98. The van der Waals surface area contributed by atoms with Crippen LogP contribution in [-0.2, 0) is 4.79 Å². The second-order valence-corrected chi connectivity index (χ2v) is 5.37. The van der Waals surface area contributed by atoms with Crippen molar-refractivity contribution >= 4 is 22.7 Å². The number of alkyl halides is 3. The van der Waals surface area contributed by atoms with Crippen LogP contribution in [0.25, 0.3) is 10.9 Å². The molecular formula is C15H14F3N3O3. The van der Waals surface area contributed by atoms with Crippen LogP contribution in [0.3, 0.4) is 0 Å². The number of nitrogens with zero attached hydrogens (tertiary/aromatic N) is 1. The number of amides is 2. The van der Waals surface area contributed by atoms with Crippen molar-refractivity contribution in [2.45, 2.75) is 12.8 Å². The Balaban J connectivity index is 1.82. The Labute approximate surface area is 134 Å². The number of ether oxygens (including phenoxy) is 1. The quantitative estimate of drug-likeness (QED) is 0.878. The lowest BCUT2D eigenvalue weighted by atomic mass is 10.2. The lowest BCUT2D eigenvalue weighted by molar-refractivity contribution is -0.274. The normalized spacial score (nSPS) is 16.0. The summed E-state index contributed by atoms with van der Waals surface area (Å²) in [4.78, 5) is 28.1. The van der Waals surface area contributed by atoms with Crippen LogP contribution in [0.1, 0.15) is 16.9 Å². The predicted octanol–water partition coefficient (Wildman–Crippen LogP) is 2.03. The monoisotopic (exact) mass is 341 g/mol. The van der Waals surface area contributed by atoms with E-state index in [0.29, 0.717) is 30.5 Å². The molecule has 2 aromatic rings. The van der Waals surface area contributed by atoms with Gasteiger partial charge in [0.1, 0.15) is 11.4 Å². The Morgan fingerprint density at radius 3 is 2.75 bits per heavy atom. The van der Waals surface area contributed by atoms with Crippen LogP contribution in [0.15, 0.2) is 24.3 Å². The van der Waals surface area contributed by atoms with Crippen molar-refractivity contribution in [3.63, 3.8) is 0 Å². The molecule has 128 valence electrons. The Kier molecular flexibility index (Phi) is 4.08. The summed E-state index contributed by atoms with van der Waals surface area (Å²) in [7, 11) is 0. The lowest BCUT2D eigenvalue weighted by Crippen LogP contribution is -2.34. The van der Waals surface area contributed by atoms with E-state index in [0.717, 1.165) is 0 Å². The summed E-state index contributed by atoms with van der Waals surface area (Å²) < 4.78 is 40.6. The molecule has 1 aliphatic heterocycles. The van der Waals surface area contributed by atoms with Crippen molar-refractivity contribution in [2.24, 2.45) is 0 Å². The molecule has 24 heavy (non-hydrogen) atoms. The van der Waals surface area contributed by atoms with Gasteiger partial charge in [-0.25, -0.2) is 0 Å². The fraction of sp³-hybridized carbons (Fsp3) is 0.333. The summed E-state index contributed by atoms with van der Waals surface area (Å²) in [6.45, 7) is 1.04. The zero-order valence-corrected chi connectivity index (χ0v) is 12.4. The SMILES string of the molecule is O=C1CCN(C(=O)c2cc3ccc(OC(F)(F)F)cc3[nH]2)CCN1. The van der Waals surface area contributed by atoms with Gasteiger partial charge in [-0.05, 0) is 18.2 Å². The fourth-order valence-electron chi connectivity index (χ4n) is 2.56. The molecule has 0 atom stereocenters. The minimum Gasteiger partial charge on any atom is -0.406 e. The van der Waals surface area contributed by atoms with Gasteiger partial charge in [0.25, 0.3) is 5.91 Å². The second kappa shape index (κ2) is 6.06. The average molecular weight is 341 g/mol. The predicted molar refractivity (Wildman–Crippen MR) is 78.5 cm³/mol. The number of aromatic amines is 1. The van der Waals surface area contributed by atoms with Crippen molar-refractivity contribution in [1.29, 1.82) is 0 Å². The highest BCUT2D eigenvalue weighted by Gasteiger charge is 2.31. The molecular weight excluding hydrogens is 327 g/mol. The molecule has 6 nitrogen and oxygen atoms in total. The van der Waals surface area contributed by atoms with Gasteiger partial charge in [-0.1, -0.05) is 0 Å². The number of hydrogen-bond acceptors (Lipinski definition) is 3. The topological polar surface area (TPSA) is 74.4 Å². The molecule has 0 saturated carbocycles. The van der Waals surface area contributed by atoms with E-state index in [1.165, 1.54) is 23.1 Å². The Bertz CT molecular complexity index is 785. The molecule has 1 fully saturated rings. The number of fused-ring (bicyclic) bond motifs is 1. The van der Waals surface area contributed by atoms with Crippen LogP contribution < -0.4 is 10.1 Å². The maximum Gasteiger partial charge on any atom is 0.573 e. The number of rotatable bonds is 2. The molecule has 0 bridgehead atoms. The first-order chi connectivity index (χ1) is 11.3. The molecule has 1 aromatic carbocycles. The van der Waals surface area contributed by atoms with Gasteiger partial charge in [0.15, 0.2) is 0 Å². The van der Waals surface area contributed by atoms with Gasteiger partial charge in [-0.2, -0.15) is 0 Å². The molecule has 1 aromatic heterocycles. The van der Waals surface area contributed by atoms with Gasteiger partial charge in [0.05, 0.1) is 0 Å². The summed E-state index contributed by atoms with van der Waals surface area (Å²) in [5, 5.41) is 3.26. The molecule has 2 N–H and O–H groups in total. The average Bonchev–Trinajstić information content (AvgIpc) is 2.79. The Morgan fingerprint density at radius 2 is 2.00 bits per heavy atom. The number of carbonyl (C=O) groups is 2. The first-order valence-corrected chi connectivity index (χ1v) is 7.26. The molecule has 0 aliphatic carbocycles. The van der Waals surface area contributed by atoms with E-state index in [2.05, 4.69) is 15.0 Å². The summed E-state index contributed by atoms with van der Waals surface area (Å²) in [5.74, 6) is -0.780. The van der Waals surface area contributed by atoms with E-state index < -0.39 is 6.36 Å². The number of benzene rings is 1. The molecule has 2 heterocycles. The maximum atomic E-state index is 12.5.